The molecule has 0 bridgehead atoms. The largest absolute Gasteiger partial charge is 0.336 e. The first kappa shape index (κ1) is 14.7. The molecule has 0 saturated heterocycles. The zero-order chi connectivity index (χ0) is 13.5. The molecule has 0 aromatic heterocycles. The van der Waals surface area contributed by atoms with Crippen LogP contribution < -0.4 is 5.73 Å². The molecule has 0 aliphatic carbocycles. The normalized spacial score (nSPS) is 12.2. The van der Waals surface area contributed by atoms with Gasteiger partial charge in [0.05, 0.1) is 0 Å². The maximum absolute atomic E-state index is 12.4. The van der Waals surface area contributed by atoms with Gasteiger partial charge in [-0.15, -0.1) is 0 Å². The van der Waals surface area contributed by atoms with Crippen molar-refractivity contribution >= 4 is 5.91 Å². The van der Waals surface area contributed by atoms with E-state index in [1.165, 1.54) is 0 Å². The molecule has 0 heterocycles. The summed E-state index contributed by atoms with van der Waals surface area (Å²) in [6.07, 6.45) is 1.79. The minimum Gasteiger partial charge on any atom is -0.336 e. The van der Waals surface area contributed by atoms with Gasteiger partial charge in [-0.2, -0.15) is 0 Å². The van der Waals surface area contributed by atoms with Crippen molar-refractivity contribution in [2.45, 2.75) is 39.7 Å². The Labute approximate surface area is 110 Å². The van der Waals surface area contributed by atoms with Crippen LogP contribution >= 0.6 is 0 Å². The van der Waals surface area contributed by atoms with Crippen LogP contribution in [0.3, 0.4) is 0 Å². The second kappa shape index (κ2) is 7.17. The molecule has 1 aromatic rings. The van der Waals surface area contributed by atoms with Crippen LogP contribution in [-0.4, -0.2) is 29.9 Å². The molecule has 1 rings (SSSR count). The molecule has 100 valence electrons. The lowest BCUT2D eigenvalue weighted by Crippen LogP contribution is -2.38. The van der Waals surface area contributed by atoms with Crippen LogP contribution in [0.5, 0.6) is 0 Å². The average Bonchev–Trinajstić information content (AvgIpc) is 2.40. The van der Waals surface area contributed by atoms with Crippen molar-refractivity contribution in [3.05, 3.63) is 35.4 Å². The molecule has 1 aromatic carbocycles. The number of benzene rings is 1. The van der Waals surface area contributed by atoms with Gasteiger partial charge in [0, 0.05) is 18.2 Å². The first-order valence-corrected chi connectivity index (χ1v) is 6.74. The van der Waals surface area contributed by atoms with E-state index < -0.39 is 0 Å². The van der Waals surface area contributed by atoms with E-state index >= 15 is 0 Å². The number of amides is 1. The summed E-state index contributed by atoms with van der Waals surface area (Å²) in [5.41, 5.74) is 7.44. The summed E-state index contributed by atoms with van der Waals surface area (Å²) >= 11 is 0. The summed E-state index contributed by atoms with van der Waals surface area (Å²) in [6.45, 7) is 7.57. The Morgan fingerprint density at radius 3 is 2.67 bits per heavy atom. The molecule has 0 spiro atoms. The van der Waals surface area contributed by atoms with Crippen LogP contribution in [0.15, 0.2) is 24.3 Å². The predicted octanol–water partition coefficient (Wildman–Crippen LogP) is 2.45. The molecule has 0 aliphatic heterocycles. The Kier molecular flexibility index (Phi) is 5.86. The van der Waals surface area contributed by atoms with Crippen molar-refractivity contribution in [3.63, 3.8) is 0 Å². The standard InChI is InChI=1S/C15H24N2O/c1-4-12(3)17(5-2)15(18)14-8-6-7-13(11-14)9-10-16/h6-8,11-12H,4-5,9-10,16H2,1-3H3. The molecule has 0 aliphatic rings. The Hall–Kier alpha value is -1.35. The van der Waals surface area contributed by atoms with Gasteiger partial charge in [-0.25, -0.2) is 0 Å². The first-order chi connectivity index (χ1) is 8.63. The van der Waals surface area contributed by atoms with Gasteiger partial charge in [0.2, 0.25) is 0 Å². The zero-order valence-electron chi connectivity index (χ0n) is 11.6. The van der Waals surface area contributed by atoms with E-state index in [0.717, 1.165) is 30.5 Å². The molecule has 0 fully saturated rings. The van der Waals surface area contributed by atoms with Crippen LogP contribution in [0.25, 0.3) is 0 Å². The van der Waals surface area contributed by atoms with E-state index in [2.05, 4.69) is 13.8 Å². The minimum absolute atomic E-state index is 0.116. The van der Waals surface area contributed by atoms with Gasteiger partial charge in [0.25, 0.3) is 5.91 Å². The zero-order valence-corrected chi connectivity index (χ0v) is 11.6. The summed E-state index contributed by atoms with van der Waals surface area (Å²) in [5, 5.41) is 0. The highest BCUT2D eigenvalue weighted by Gasteiger charge is 2.18. The molecule has 3 nitrogen and oxygen atoms in total. The third-order valence-corrected chi connectivity index (χ3v) is 3.33. The van der Waals surface area contributed by atoms with E-state index in [1.54, 1.807) is 0 Å². The Bertz CT molecular complexity index is 390. The van der Waals surface area contributed by atoms with Crippen LogP contribution in [0, 0.1) is 0 Å². The highest BCUT2D eigenvalue weighted by Crippen LogP contribution is 2.12. The third kappa shape index (κ3) is 3.57. The molecule has 18 heavy (non-hydrogen) atoms. The fourth-order valence-electron chi connectivity index (χ4n) is 2.07. The molecule has 1 amide bonds. The van der Waals surface area contributed by atoms with Gasteiger partial charge in [-0.1, -0.05) is 19.1 Å². The summed E-state index contributed by atoms with van der Waals surface area (Å²) < 4.78 is 0. The first-order valence-electron chi connectivity index (χ1n) is 6.74. The lowest BCUT2D eigenvalue weighted by atomic mass is 10.1. The van der Waals surface area contributed by atoms with Gasteiger partial charge in [-0.05, 0) is 50.9 Å². The third-order valence-electron chi connectivity index (χ3n) is 3.33. The molecular weight excluding hydrogens is 224 g/mol. The van der Waals surface area contributed by atoms with Crippen molar-refractivity contribution in [3.8, 4) is 0 Å². The lowest BCUT2D eigenvalue weighted by molar-refractivity contribution is 0.0700. The van der Waals surface area contributed by atoms with E-state index in [0.29, 0.717) is 6.54 Å². The van der Waals surface area contributed by atoms with E-state index in [4.69, 9.17) is 5.73 Å². The van der Waals surface area contributed by atoms with Gasteiger partial charge >= 0.3 is 0 Å². The maximum Gasteiger partial charge on any atom is 0.254 e. The number of hydrogen-bond donors (Lipinski definition) is 1. The average molecular weight is 248 g/mol. The molecule has 0 radical (unpaired) electrons. The number of hydrogen-bond acceptors (Lipinski definition) is 2. The quantitative estimate of drug-likeness (QED) is 0.840. The van der Waals surface area contributed by atoms with E-state index in [-0.39, 0.29) is 11.9 Å². The minimum atomic E-state index is 0.116. The fraction of sp³-hybridized carbons (Fsp3) is 0.533. The van der Waals surface area contributed by atoms with Crippen molar-refractivity contribution in [1.29, 1.82) is 0 Å². The SMILES string of the molecule is CCC(C)N(CC)C(=O)c1cccc(CCN)c1. The highest BCUT2D eigenvalue weighted by atomic mass is 16.2. The number of carbonyl (C=O) groups excluding carboxylic acids is 1. The molecule has 3 heteroatoms. The number of carbonyl (C=O) groups is 1. The van der Waals surface area contributed by atoms with E-state index in [1.807, 2.05) is 36.1 Å². The Morgan fingerprint density at radius 2 is 2.11 bits per heavy atom. The van der Waals surface area contributed by atoms with Crippen LogP contribution in [0.4, 0.5) is 0 Å². The monoisotopic (exact) mass is 248 g/mol. The second-order valence-electron chi connectivity index (χ2n) is 4.59. The summed E-state index contributed by atoms with van der Waals surface area (Å²) in [6, 6.07) is 8.07. The summed E-state index contributed by atoms with van der Waals surface area (Å²) in [4.78, 5) is 14.3. The molecule has 1 atom stereocenters. The van der Waals surface area contributed by atoms with Crippen LogP contribution in [0.2, 0.25) is 0 Å². The van der Waals surface area contributed by atoms with Crippen LogP contribution in [0.1, 0.15) is 43.1 Å². The molecular formula is C15H24N2O. The molecule has 2 N–H and O–H groups in total. The summed E-state index contributed by atoms with van der Waals surface area (Å²) in [5.74, 6) is 0.116. The van der Waals surface area contributed by atoms with Crippen LogP contribution in [-0.2, 0) is 6.42 Å². The molecule has 0 saturated carbocycles. The maximum atomic E-state index is 12.4. The number of nitrogens with two attached hydrogens (primary N) is 1. The molecule has 1 unspecified atom stereocenters. The topological polar surface area (TPSA) is 46.3 Å². The van der Waals surface area contributed by atoms with E-state index in [9.17, 15) is 4.79 Å². The van der Waals surface area contributed by atoms with Gasteiger partial charge in [-0.3, -0.25) is 4.79 Å². The van der Waals surface area contributed by atoms with Crippen molar-refractivity contribution in [2.24, 2.45) is 5.73 Å². The fourth-order valence-corrected chi connectivity index (χ4v) is 2.07. The van der Waals surface area contributed by atoms with Crippen molar-refractivity contribution < 1.29 is 4.79 Å². The van der Waals surface area contributed by atoms with Gasteiger partial charge < -0.3 is 10.6 Å². The second-order valence-corrected chi connectivity index (χ2v) is 4.59. The number of nitrogens with zero attached hydrogens (tertiary/aromatic N) is 1. The van der Waals surface area contributed by atoms with Gasteiger partial charge in [0.1, 0.15) is 0 Å². The summed E-state index contributed by atoms with van der Waals surface area (Å²) in [7, 11) is 0. The number of rotatable bonds is 6. The smallest absolute Gasteiger partial charge is 0.254 e. The highest BCUT2D eigenvalue weighted by molar-refractivity contribution is 5.94. The predicted molar refractivity (Wildman–Crippen MR) is 75.7 cm³/mol. The van der Waals surface area contributed by atoms with Crippen molar-refractivity contribution in [1.82, 2.24) is 4.90 Å². The lowest BCUT2D eigenvalue weighted by Gasteiger charge is -2.27. The van der Waals surface area contributed by atoms with Gasteiger partial charge in [0.15, 0.2) is 0 Å². The Balaban J connectivity index is 2.91. The van der Waals surface area contributed by atoms with Crippen molar-refractivity contribution in [2.75, 3.05) is 13.1 Å². The Morgan fingerprint density at radius 1 is 1.39 bits per heavy atom.